The zero-order chi connectivity index (χ0) is 10.6. The van der Waals surface area contributed by atoms with Crippen molar-refractivity contribution in [2.45, 2.75) is 26.7 Å². The summed E-state index contributed by atoms with van der Waals surface area (Å²) in [4.78, 5) is 22.8. The molecule has 0 radical (unpaired) electrons. The number of hydrogen-bond donors (Lipinski definition) is 0. The molecule has 14 heavy (non-hydrogen) atoms. The first-order valence-electron chi connectivity index (χ1n) is 4.89. The Kier molecular flexibility index (Phi) is 3.63. The molecular formula is C10H16O4. The van der Waals surface area contributed by atoms with E-state index in [1.807, 2.05) is 6.92 Å². The zero-order valence-corrected chi connectivity index (χ0v) is 8.67. The number of esters is 1. The first kappa shape index (κ1) is 11.2. The molecule has 4 nitrogen and oxygen atoms in total. The van der Waals surface area contributed by atoms with E-state index in [9.17, 15) is 9.59 Å². The summed E-state index contributed by atoms with van der Waals surface area (Å²) in [5.41, 5.74) is -0.921. The van der Waals surface area contributed by atoms with E-state index in [0.29, 0.717) is 32.7 Å². The lowest BCUT2D eigenvalue weighted by Gasteiger charge is -2.20. The van der Waals surface area contributed by atoms with E-state index in [-0.39, 0.29) is 11.8 Å². The molecule has 0 saturated carbocycles. The third kappa shape index (κ3) is 1.95. The molecule has 1 saturated heterocycles. The van der Waals surface area contributed by atoms with Crippen LogP contribution in [0.25, 0.3) is 0 Å². The summed E-state index contributed by atoms with van der Waals surface area (Å²) in [7, 11) is 0. The molecule has 1 aliphatic rings. The van der Waals surface area contributed by atoms with Gasteiger partial charge in [-0.15, -0.1) is 0 Å². The van der Waals surface area contributed by atoms with Crippen LogP contribution in [0.3, 0.4) is 0 Å². The molecule has 80 valence electrons. The van der Waals surface area contributed by atoms with Crippen LogP contribution in [-0.2, 0) is 19.1 Å². The molecule has 1 rings (SSSR count). The Hall–Kier alpha value is -0.900. The van der Waals surface area contributed by atoms with Crippen LogP contribution in [0.4, 0.5) is 0 Å². The summed E-state index contributed by atoms with van der Waals surface area (Å²) >= 11 is 0. The Morgan fingerprint density at radius 1 is 1.64 bits per heavy atom. The molecule has 1 aliphatic heterocycles. The molecule has 1 atom stereocenters. The van der Waals surface area contributed by atoms with Crippen molar-refractivity contribution in [1.29, 1.82) is 0 Å². The number of carbonyl (C=O) groups excluding carboxylic acids is 2. The predicted molar refractivity (Wildman–Crippen MR) is 49.8 cm³/mol. The maximum atomic E-state index is 11.4. The van der Waals surface area contributed by atoms with Crippen LogP contribution in [0.1, 0.15) is 26.7 Å². The molecule has 0 aromatic rings. The van der Waals surface area contributed by atoms with Crippen molar-refractivity contribution in [2.24, 2.45) is 5.41 Å². The standard InChI is InChI=1S/C10H16O4/c1-3-13-6-4-10(8(2)11)5-7-14-9(10)12/h3-7H2,1-2H3. The number of Topliss-reactive ketones (excluding diaryl/α,β-unsaturated/α-hetero) is 1. The highest BCUT2D eigenvalue weighted by Gasteiger charge is 2.48. The molecule has 0 aromatic carbocycles. The molecule has 0 amide bonds. The lowest BCUT2D eigenvalue weighted by atomic mass is 9.80. The van der Waals surface area contributed by atoms with E-state index < -0.39 is 5.41 Å². The van der Waals surface area contributed by atoms with E-state index in [2.05, 4.69) is 0 Å². The zero-order valence-electron chi connectivity index (χ0n) is 8.67. The van der Waals surface area contributed by atoms with Gasteiger partial charge < -0.3 is 9.47 Å². The summed E-state index contributed by atoms with van der Waals surface area (Å²) in [6.45, 7) is 4.71. The van der Waals surface area contributed by atoms with Gasteiger partial charge in [-0.05, 0) is 20.3 Å². The number of ketones is 1. The van der Waals surface area contributed by atoms with Gasteiger partial charge in [0.05, 0.1) is 6.61 Å². The lowest BCUT2D eigenvalue weighted by molar-refractivity contribution is -0.151. The topological polar surface area (TPSA) is 52.6 Å². The highest BCUT2D eigenvalue weighted by Crippen LogP contribution is 2.34. The summed E-state index contributed by atoms with van der Waals surface area (Å²) in [6.07, 6.45) is 0.934. The lowest BCUT2D eigenvalue weighted by Crippen LogP contribution is -2.35. The first-order chi connectivity index (χ1) is 6.63. The molecule has 0 bridgehead atoms. The van der Waals surface area contributed by atoms with E-state index in [4.69, 9.17) is 9.47 Å². The Morgan fingerprint density at radius 3 is 2.79 bits per heavy atom. The molecule has 0 spiro atoms. The van der Waals surface area contributed by atoms with Gasteiger partial charge in [-0.2, -0.15) is 0 Å². The maximum Gasteiger partial charge on any atom is 0.319 e. The number of rotatable bonds is 5. The molecule has 4 heteroatoms. The van der Waals surface area contributed by atoms with Crippen molar-refractivity contribution in [3.63, 3.8) is 0 Å². The number of cyclic esters (lactones) is 1. The molecule has 1 fully saturated rings. The van der Waals surface area contributed by atoms with Crippen molar-refractivity contribution in [3.05, 3.63) is 0 Å². The van der Waals surface area contributed by atoms with Crippen LogP contribution >= 0.6 is 0 Å². The smallest absolute Gasteiger partial charge is 0.319 e. The highest BCUT2D eigenvalue weighted by atomic mass is 16.5. The van der Waals surface area contributed by atoms with Crippen LogP contribution in [0, 0.1) is 5.41 Å². The fourth-order valence-electron chi connectivity index (χ4n) is 1.67. The monoisotopic (exact) mass is 200 g/mol. The first-order valence-corrected chi connectivity index (χ1v) is 4.89. The van der Waals surface area contributed by atoms with Gasteiger partial charge in [-0.1, -0.05) is 0 Å². The van der Waals surface area contributed by atoms with Crippen LogP contribution in [-0.4, -0.2) is 31.6 Å². The molecule has 0 aliphatic carbocycles. The molecule has 0 N–H and O–H groups in total. The van der Waals surface area contributed by atoms with Crippen molar-refractivity contribution < 1.29 is 19.1 Å². The highest BCUT2D eigenvalue weighted by molar-refractivity contribution is 6.03. The van der Waals surface area contributed by atoms with Gasteiger partial charge in [0.25, 0.3) is 0 Å². The van der Waals surface area contributed by atoms with Gasteiger partial charge in [0.15, 0.2) is 0 Å². The van der Waals surface area contributed by atoms with Crippen LogP contribution in [0.2, 0.25) is 0 Å². The average molecular weight is 200 g/mol. The Labute approximate surface area is 83.6 Å². The van der Waals surface area contributed by atoms with Gasteiger partial charge in [-0.25, -0.2) is 0 Å². The second-order valence-electron chi connectivity index (χ2n) is 3.47. The minimum Gasteiger partial charge on any atom is -0.465 e. The third-order valence-corrected chi connectivity index (χ3v) is 2.70. The minimum absolute atomic E-state index is 0.111. The second-order valence-corrected chi connectivity index (χ2v) is 3.47. The molecule has 0 aromatic heterocycles. The van der Waals surface area contributed by atoms with Crippen molar-refractivity contribution in [1.82, 2.24) is 0 Å². The van der Waals surface area contributed by atoms with E-state index in [1.54, 1.807) is 0 Å². The fourth-order valence-corrected chi connectivity index (χ4v) is 1.67. The van der Waals surface area contributed by atoms with E-state index in [0.717, 1.165) is 0 Å². The van der Waals surface area contributed by atoms with Gasteiger partial charge >= 0.3 is 5.97 Å². The fraction of sp³-hybridized carbons (Fsp3) is 0.800. The second kappa shape index (κ2) is 4.55. The molecule has 1 unspecified atom stereocenters. The van der Waals surface area contributed by atoms with Crippen LogP contribution in [0.15, 0.2) is 0 Å². The Morgan fingerprint density at radius 2 is 2.36 bits per heavy atom. The van der Waals surface area contributed by atoms with Crippen molar-refractivity contribution >= 4 is 11.8 Å². The number of ether oxygens (including phenoxy) is 2. The Bertz CT molecular complexity index is 236. The van der Waals surface area contributed by atoms with Gasteiger partial charge in [-0.3, -0.25) is 9.59 Å². The molecular weight excluding hydrogens is 184 g/mol. The van der Waals surface area contributed by atoms with E-state index >= 15 is 0 Å². The van der Waals surface area contributed by atoms with Crippen LogP contribution in [0.5, 0.6) is 0 Å². The van der Waals surface area contributed by atoms with Gasteiger partial charge in [0, 0.05) is 19.6 Å². The van der Waals surface area contributed by atoms with Crippen molar-refractivity contribution in [3.8, 4) is 0 Å². The quantitative estimate of drug-likeness (QED) is 0.376. The summed E-state index contributed by atoms with van der Waals surface area (Å²) in [6, 6.07) is 0. The molecule has 1 heterocycles. The summed E-state index contributed by atoms with van der Waals surface area (Å²) in [5, 5.41) is 0. The van der Waals surface area contributed by atoms with Gasteiger partial charge in [0.1, 0.15) is 11.2 Å². The Balaban J connectivity index is 2.63. The van der Waals surface area contributed by atoms with E-state index in [1.165, 1.54) is 6.92 Å². The number of hydrogen-bond acceptors (Lipinski definition) is 4. The minimum atomic E-state index is -0.921. The number of carbonyl (C=O) groups is 2. The maximum absolute atomic E-state index is 11.4. The van der Waals surface area contributed by atoms with Crippen LogP contribution < -0.4 is 0 Å². The van der Waals surface area contributed by atoms with Crippen molar-refractivity contribution in [2.75, 3.05) is 19.8 Å². The average Bonchev–Trinajstić information content (AvgIpc) is 2.49. The largest absolute Gasteiger partial charge is 0.465 e. The SMILES string of the molecule is CCOCCC1(C(C)=O)CCOC1=O. The van der Waals surface area contributed by atoms with Gasteiger partial charge in [0.2, 0.25) is 0 Å². The predicted octanol–water partition coefficient (Wildman–Crippen LogP) is 0.935. The normalized spacial score (nSPS) is 26.3. The summed E-state index contributed by atoms with van der Waals surface area (Å²) < 4.78 is 10.0. The third-order valence-electron chi connectivity index (χ3n) is 2.70. The summed E-state index contributed by atoms with van der Waals surface area (Å²) in [5.74, 6) is -0.496.